The number of aryl methyl sites for hydroxylation is 1. The molecule has 2 aromatic rings. The van der Waals surface area contributed by atoms with Gasteiger partial charge in [0.1, 0.15) is 12.4 Å². The summed E-state index contributed by atoms with van der Waals surface area (Å²) in [6, 6.07) is 15.0. The van der Waals surface area contributed by atoms with Gasteiger partial charge in [-0.3, -0.25) is 4.79 Å². The Morgan fingerprint density at radius 2 is 2.13 bits per heavy atom. The van der Waals surface area contributed by atoms with Gasteiger partial charge in [-0.15, -0.1) is 0 Å². The topological polar surface area (TPSA) is 47.6 Å². The van der Waals surface area contributed by atoms with Gasteiger partial charge in [-0.05, 0) is 44.0 Å². The van der Waals surface area contributed by atoms with Crippen LogP contribution in [0.15, 0.2) is 48.5 Å². The third-order valence-corrected chi connectivity index (χ3v) is 3.83. The Hall–Kier alpha value is -2.33. The van der Waals surface area contributed by atoms with Crippen molar-refractivity contribution in [3.05, 3.63) is 59.7 Å². The fourth-order valence-electron chi connectivity index (χ4n) is 2.62. The van der Waals surface area contributed by atoms with E-state index in [1.807, 2.05) is 49.4 Å². The van der Waals surface area contributed by atoms with Gasteiger partial charge >= 0.3 is 0 Å². The summed E-state index contributed by atoms with van der Waals surface area (Å²) in [5, 5.41) is 2.90. The third-order valence-electron chi connectivity index (χ3n) is 3.83. The van der Waals surface area contributed by atoms with Crippen molar-refractivity contribution in [1.29, 1.82) is 0 Å². The maximum Gasteiger partial charge on any atom is 0.255 e. The van der Waals surface area contributed by atoms with Crippen molar-refractivity contribution in [2.24, 2.45) is 0 Å². The number of nitrogens with one attached hydrogen (secondary N) is 1. The lowest BCUT2D eigenvalue weighted by Gasteiger charge is -2.12. The second-order valence-corrected chi connectivity index (χ2v) is 5.80. The standard InChI is InChI=1S/C19H21NO3/c1-14-5-2-6-15(11-14)19(21)20-16-7-3-8-17(12-16)23-13-18-9-4-10-22-18/h2-3,5-8,11-12,18H,4,9-10,13H2,1H3,(H,20,21)/t18-/m0/s1. The summed E-state index contributed by atoms with van der Waals surface area (Å²) < 4.78 is 11.3. The lowest BCUT2D eigenvalue weighted by atomic mass is 10.1. The van der Waals surface area contributed by atoms with Gasteiger partial charge in [0, 0.05) is 23.9 Å². The van der Waals surface area contributed by atoms with E-state index in [0.29, 0.717) is 12.2 Å². The molecule has 0 unspecified atom stereocenters. The summed E-state index contributed by atoms with van der Waals surface area (Å²) in [6.45, 7) is 3.34. The van der Waals surface area contributed by atoms with E-state index in [4.69, 9.17) is 9.47 Å². The minimum Gasteiger partial charge on any atom is -0.491 e. The third kappa shape index (κ3) is 4.33. The van der Waals surface area contributed by atoms with Gasteiger partial charge in [-0.2, -0.15) is 0 Å². The number of amides is 1. The molecule has 120 valence electrons. The minimum absolute atomic E-state index is 0.120. The predicted octanol–water partition coefficient (Wildman–Crippen LogP) is 3.81. The minimum atomic E-state index is -0.120. The number of carbonyl (C=O) groups is 1. The molecule has 23 heavy (non-hydrogen) atoms. The van der Waals surface area contributed by atoms with Crippen molar-refractivity contribution in [3.8, 4) is 5.75 Å². The van der Waals surface area contributed by atoms with Crippen molar-refractivity contribution in [3.63, 3.8) is 0 Å². The van der Waals surface area contributed by atoms with E-state index in [2.05, 4.69) is 5.32 Å². The fraction of sp³-hybridized carbons (Fsp3) is 0.316. The van der Waals surface area contributed by atoms with E-state index in [1.54, 1.807) is 6.07 Å². The first-order chi connectivity index (χ1) is 11.2. The molecular weight excluding hydrogens is 290 g/mol. The van der Waals surface area contributed by atoms with E-state index in [-0.39, 0.29) is 12.0 Å². The van der Waals surface area contributed by atoms with Crippen LogP contribution in [0.3, 0.4) is 0 Å². The zero-order valence-corrected chi connectivity index (χ0v) is 13.2. The molecule has 1 atom stereocenters. The lowest BCUT2D eigenvalue weighted by molar-refractivity contribution is 0.0680. The van der Waals surface area contributed by atoms with Crippen LogP contribution in [0.4, 0.5) is 5.69 Å². The second-order valence-electron chi connectivity index (χ2n) is 5.80. The highest BCUT2D eigenvalue weighted by atomic mass is 16.5. The van der Waals surface area contributed by atoms with Gasteiger partial charge in [-0.25, -0.2) is 0 Å². The van der Waals surface area contributed by atoms with Crippen LogP contribution in [-0.4, -0.2) is 25.2 Å². The largest absolute Gasteiger partial charge is 0.491 e. The predicted molar refractivity (Wildman–Crippen MR) is 90.0 cm³/mol. The van der Waals surface area contributed by atoms with Gasteiger partial charge < -0.3 is 14.8 Å². The molecule has 1 saturated heterocycles. The summed E-state index contributed by atoms with van der Waals surface area (Å²) in [4.78, 5) is 12.3. The zero-order valence-electron chi connectivity index (χ0n) is 13.2. The van der Waals surface area contributed by atoms with Gasteiger partial charge in [0.15, 0.2) is 0 Å². The summed E-state index contributed by atoms with van der Waals surface area (Å²) in [7, 11) is 0. The number of ether oxygens (including phenoxy) is 2. The highest BCUT2D eigenvalue weighted by Gasteiger charge is 2.16. The molecule has 4 heteroatoms. The molecular formula is C19H21NO3. The Labute approximate surface area is 136 Å². The first-order valence-corrected chi connectivity index (χ1v) is 7.93. The number of rotatable bonds is 5. The van der Waals surface area contributed by atoms with Crippen molar-refractivity contribution in [2.45, 2.75) is 25.9 Å². The molecule has 1 aliphatic heterocycles. The molecule has 1 fully saturated rings. The number of anilines is 1. The van der Waals surface area contributed by atoms with Crippen LogP contribution in [0, 0.1) is 6.92 Å². The number of hydrogen-bond acceptors (Lipinski definition) is 3. The molecule has 0 saturated carbocycles. The van der Waals surface area contributed by atoms with Crippen molar-refractivity contribution in [2.75, 3.05) is 18.5 Å². The molecule has 1 amide bonds. The Bertz CT molecular complexity index is 678. The van der Waals surface area contributed by atoms with Crippen LogP contribution in [-0.2, 0) is 4.74 Å². The molecule has 1 heterocycles. The molecule has 3 rings (SSSR count). The summed E-state index contributed by atoms with van der Waals surface area (Å²) >= 11 is 0. The van der Waals surface area contributed by atoms with Gasteiger partial charge in [-0.1, -0.05) is 23.8 Å². The van der Waals surface area contributed by atoms with Crippen molar-refractivity contribution >= 4 is 11.6 Å². The number of benzene rings is 2. The van der Waals surface area contributed by atoms with Crippen molar-refractivity contribution < 1.29 is 14.3 Å². The van der Waals surface area contributed by atoms with E-state index >= 15 is 0 Å². The van der Waals surface area contributed by atoms with Crippen LogP contribution in [0.1, 0.15) is 28.8 Å². The molecule has 0 bridgehead atoms. The fourth-order valence-corrected chi connectivity index (χ4v) is 2.62. The van der Waals surface area contributed by atoms with Crippen LogP contribution in [0.5, 0.6) is 5.75 Å². The number of carbonyl (C=O) groups excluding carboxylic acids is 1. The molecule has 0 radical (unpaired) electrons. The van der Waals surface area contributed by atoms with Gasteiger partial charge in [0.2, 0.25) is 0 Å². The second kappa shape index (κ2) is 7.29. The molecule has 0 aliphatic carbocycles. The van der Waals surface area contributed by atoms with E-state index in [0.717, 1.165) is 36.4 Å². The lowest BCUT2D eigenvalue weighted by Crippen LogP contribution is -2.16. The van der Waals surface area contributed by atoms with Crippen LogP contribution >= 0.6 is 0 Å². The summed E-state index contributed by atoms with van der Waals surface area (Å²) in [6.07, 6.45) is 2.32. The zero-order chi connectivity index (χ0) is 16.1. The average Bonchev–Trinajstić information content (AvgIpc) is 3.07. The molecule has 2 aromatic carbocycles. The Balaban J connectivity index is 1.61. The van der Waals surface area contributed by atoms with Gasteiger partial charge in [0.25, 0.3) is 5.91 Å². The van der Waals surface area contributed by atoms with Gasteiger partial charge in [0.05, 0.1) is 6.10 Å². The summed E-state index contributed by atoms with van der Waals surface area (Å²) in [5.74, 6) is 0.618. The van der Waals surface area contributed by atoms with E-state index in [9.17, 15) is 4.79 Å². The smallest absolute Gasteiger partial charge is 0.255 e. The van der Waals surface area contributed by atoms with Crippen LogP contribution in [0.25, 0.3) is 0 Å². The SMILES string of the molecule is Cc1cccc(C(=O)Nc2cccc(OC[C@@H]3CCCO3)c2)c1. The molecule has 4 nitrogen and oxygen atoms in total. The normalized spacial score (nSPS) is 17.0. The van der Waals surface area contributed by atoms with Crippen LogP contribution < -0.4 is 10.1 Å². The highest BCUT2D eigenvalue weighted by molar-refractivity contribution is 6.04. The molecule has 1 aliphatic rings. The first-order valence-electron chi connectivity index (χ1n) is 7.93. The molecule has 1 N–H and O–H groups in total. The molecule has 0 aromatic heterocycles. The molecule has 0 spiro atoms. The average molecular weight is 311 g/mol. The maximum absolute atomic E-state index is 12.3. The Morgan fingerprint density at radius 3 is 2.91 bits per heavy atom. The first kappa shape index (κ1) is 15.6. The number of hydrogen-bond donors (Lipinski definition) is 1. The van der Waals surface area contributed by atoms with Crippen LogP contribution in [0.2, 0.25) is 0 Å². The highest BCUT2D eigenvalue weighted by Crippen LogP contribution is 2.20. The van der Waals surface area contributed by atoms with E-state index in [1.165, 1.54) is 0 Å². The monoisotopic (exact) mass is 311 g/mol. The maximum atomic E-state index is 12.3. The van der Waals surface area contributed by atoms with Crippen molar-refractivity contribution in [1.82, 2.24) is 0 Å². The quantitative estimate of drug-likeness (QED) is 0.913. The summed E-state index contributed by atoms with van der Waals surface area (Å²) in [5.41, 5.74) is 2.43. The Kier molecular flexibility index (Phi) is 4.93. The van der Waals surface area contributed by atoms with E-state index < -0.39 is 0 Å². The Morgan fingerprint density at radius 1 is 1.26 bits per heavy atom.